The number of aromatic nitrogens is 2. The van der Waals surface area contributed by atoms with E-state index >= 15 is 0 Å². The number of fused-ring (bicyclic) bond motifs is 1. The van der Waals surface area contributed by atoms with Gasteiger partial charge in [0.25, 0.3) is 0 Å². The summed E-state index contributed by atoms with van der Waals surface area (Å²) in [7, 11) is 0. The molecule has 0 unspecified atom stereocenters. The van der Waals surface area contributed by atoms with Crippen LogP contribution in [0.15, 0.2) is 0 Å². The molecule has 0 atom stereocenters. The van der Waals surface area contributed by atoms with Crippen molar-refractivity contribution in [2.75, 3.05) is 0 Å². The molecule has 1 aromatic heterocycles. The van der Waals surface area contributed by atoms with Crippen molar-refractivity contribution in [3.8, 4) is 0 Å². The van der Waals surface area contributed by atoms with E-state index in [1.54, 1.807) is 0 Å². The summed E-state index contributed by atoms with van der Waals surface area (Å²) in [6.07, 6.45) is 0. The lowest BCUT2D eigenvalue weighted by molar-refractivity contribution is 0.133. The van der Waals surface area contributed by atoms with Crippen molar-refractivity contribution in [1.82, 2.24) is 9.97 Å². The van der Waals surface area contributed by atoms with E-state index in [0.29, 0.717) is 13.2 Å². The molecule has 0 saturated carbocycles. The monoisotopic (exact) mass is 262 g/mol. The Balaban J connectivity index is 2.60. The predicted molar refractivity (Wildman–Crippen MR) is 48.0 cm³/mol. The van der Waals surface area contributed by atoms with Gasteiger partial charge in [-0.25, -0.2) is 9.97 Å². The molecule has 11 heavy (non-hydrogen) atoms. The molecule has 0 aromatic carbocycles. The van der Waals surface area contributed by atoms with Gasteiger partial charge in [-0.3, -0.25) is 0 Å². The maximum atomic E-state index is 5.24. The summed E-state index contributed by atoms with van der Waals surface area (Å²) in [5.41, 5.74) is 3.28. The van der Waals surface area contributed by atoms with Crippen LogP contribution in [0.5, 0.6) is 0 Å². The van der Waals surface area contributed by atoms with Gasteiger partial charge in [0, 0.05) is 33.8 Å². The second kappa shape index (κ2) is 2.67. The molecule has 0 spiro atoms. The summed E-state index contributed by atoms with van der Waals surface area (Å²) < 4.78 is 6.05. The molecule has 2 rings (SSSR count). The molecular formula is C7H7IN2O. The van der Waals surface area contributed by atoms with E-state index < -0.39 is 0 Å². The normalized spacial score (nSPS) is 15.1. The highest BCUT2D eigenvalue weighted by Crippen LogP contribution is 2.20. The van der Waals surface area contributed by atoms with Crippen LogP contribution in [0.4, 0.5) is 0 Å². The summed E-state index contributed by atoms with van der Waals surface area (Å²) in [6.45, 7) is 3.32. The standard InChI is InChI=1S/C7H7IN2O/c1-4-5-2-11-3-6(5)10-7(8)9-4/h2-3H2,1H3. The highest BCUT2D eigenvalue weighted by atomic mass is 127. The van der Waals surface area contributed by atoms with Crippen molar-refractivity contribution in [2.45, 2.75) is 20.1 Å². The van der Waals surface area contributed by atoms with Crippen molar-refractivity contribution in [1.29, 1.82) is 0 Å². The van der Waals surface area contributed by atoms with Gasteiger partial charge in [0.05, 0.1) is 18.9 Å². The lowest BCUT2D eigenvalue weighted by atomic mass is 10.2. The molecule has 0 N–H and O–H groups in total. The molecule has 1 aliphatic heterocycles. The minimum Gasteiger partial charge on any atom is -0.370 e. The smallest absolute Gasteiger partial charge is 0.191 e. The van der Waals surface area contributed by atoms with Crippen molar-refractivity contribution in [3.63, 3.8) is 0 Å². The van der Waals surface area contributed by atoms with Gasteiger partial charge in [-0.1, -0.05) is 0 Å². The lowest BCUT2D eigenvalue weighted by Gasteiger charge is -1.99. The van der Waals surface area contributed by atoms with Crippen LogP contribution in [0.25, 0.3) is 0 Å². The summed E-state index contributed by atoms with van der Waals surface area (Å²) in [5.74, 6) is 0. The summed E-state index contributed by atoms with van der Waals surface area (Å²) in [6, 6.07) is 0. The first kappa shape index (κ1) is 7.42. The lowest BCUT2D eigenvalue weighted by Crippen LogP contribution is -1.98. The van der Waals surface area contributed by atoms with E-state index in [9.17, 15) is 0 Å². The molecule has 1 aromatic rings. The van der Waals surface area contributed by atoms with Gasteiger partial charge in [-0.15, -0.1) is 0 Å². The Labute approximate surface area is 78.3 Å². The molecule has 3 nitrogen and oxygen atoms in total. The van der Waals surface area contributed by atoms with E-state index in [0.717, 1.165) is 15.2 Å². The molecule has 2 heterocycles. The first-order valence-electron chi connectivity index (χ1n) is 3.37. The molecule has 58 valence electrons. The number of halogens is 1. The molecule has 0 amide bonds. The first-order valence-corrected chi connectivity index (χ1v) is 4.45. The van der Waals surface area contributed by atoms with Gasteiger partial charge in [0.1, 0.15) is 0 Å². The maximum Gasteiger partial charge on any atom is 0.191 e. The zero-order valence-electron chi connectivity index (χ0n) is 6.09. The second-order valence-corrected chi connectivity index (χ2v) is 3.46. The first-order chi connectivity index (χ1) is 5.27. The summed E-state index contributed by atoms with van der Waals surface area (Å²) in [5, 5.41) is 0. The third kappa shape index (κ3) is 1.24. The van der Waals surface area contributed by atoms with Crippen LogP contribution in [0, 0.1) is 10.8 Å². The topological polar surface area (TPSA) is 35.0 Å². The number of aryl methyl sites for hydroxylation is 1. The molecule has 4 heteroatoms. The van der Waals surface area contributed by atoms with Crippen molar-refractivity contribution < 1.29 is 4.74 Å². The minimum absolute atomic E-state index is 0.648. The fraction of sp³-hybridized carbons (Fsp3) is 0.429. The van der Waals surface area contributed by atoms with E-state index in [4.69, 9.17) is 4.74 Å². The van der Waals surface area contributed by atoms with Gasteiger partial charge in [-0.2, -0.15) is 0 Å². The number of nitrogens with zero attached hydrogens (tertiary/aromatic N) is 2. The van der Waals surface area contributed by atoms with Gasteiger partial charge in [-0.05, 0) is 6.92 Å². The molecule has 1 aliphatic rings. The zero-order chi connectivity index (χ0) is 7.84. The van der Waals surface area contributed by atoms with Gasteiger partial charge in [0.15, 0.2) is 3.83 Å². The van der Waals surface area contributed by atoms with Crippen LogP contribution < -0.4 is 0 Å². The van der Waals surface area contributed by atoms with E-state index in [1.165, 1.54) is 5.56 Å². The Morgan fingerprint density at radius 1 is 1.36 bits per heavy atom. The van der Waals surface area contributed by atoms with Crippen LogP contribution in [0.1, 0.15) is 17.0 Å². The van der Waals surface area contributed by atoms with Crippen LogP contribution in [0.3, 0.4) is 0 Å². The van der Waals surface area contributed by atoms with Crippen LogP contribution in [0.2, 0.25) is 0 Å². The van der Waals surface area contributed by atoms with Gasteiger partial charge >= 0.3 is 0 Å². The SMILES string of the molecule is Cc1nc(I)nc2c1COC2. The van der Waals surface area contributed by atoms with Gasteiger partial charge < -0.3 is 4.74 Å². The van der Waals surface area contributed by atoms with Crippen LogP contribution in [-0.2, 0) is 18.0 Å². The third-order valence-electron chi connectivity index (χ3n) is 1.76. The Morgan fingerprint density at radius 3 is 3.00 bits per heavy atom. The Bertz CT molecular complexity index is 301. The predicted octanol–water partition coefficient (Wildman–Crippen LogP) is 1.42. The third-order valence-corrected chi connectivity index (χ3v) is 2.24. The van der Waals surface area contributed by atoms with Gasteiger partial charge in [0.2, 0.25) is 0 Å². The van der Waals surface area contributed by atoms with E-state index in [-0.39, 0.29) is 0 Å². The average molecular weight is 262 g/mol. The van der Waals surface area contributed by atoms with Crippen molar-refractivity contribution in [2.24, 2.45) is 0 Å². The Kier molecular flexibility index (Phi) is 1.80. The van der Waals surface area contributed by atoms with Crippen molar-refractivity contribution >= 4 is 22.6 Å². The van der Waals surface area contributed by atoms with Crippen LogP contribution in [-0.4, -0.2) is 9.97 Å². The number of hydrogen-bond acceptors (Lipinski definition) is 3. The highest BCUT2D eigenvalue weighted by Gasteiger charge is 2.16. The molecule has 0 aliphatic carbocycles. The summed E-state index contributed by atoms with van der Waals surface area (Å²) in [4.78, 5) is 8.51. The quantitative estimate of drug-likeness (QED) is 0.524. The average Bonchev–Trinajstić information content (AvgIpc) is 2.34. The minimum atomic E-state index is 0.648. The zero-order valence-corrected chi connectivity index (χ0v) is 8.25. The maximum absolute atomic E-state index is 5.24. The Hall–Kier alpha value is -0.230. The number of hydrogen-bond donors (Lipinski definition) is 0. The van der Waals surface area contributed by atoms with E-state index in [2.05, 4.69) is 32.6 Å². The molecule has 0 bridgehead atoms. The molecule has 0 radical (unpaired) electrons. The fourth-order valence-corrected chi connectivity index (χ4v) is 1.83. The van der Waals surface area contributed by atoms with Crippen molar-refractivity contribution in [3.05, 3.63) is 20.8 Å². The highest BCUT2D eigenvalue weighted by molar-refractivity contribution is 14.1. The largest absolute Gasteiger partial charge is 0.370 e. The van der Waals surface area contributed by atoms with E-state index in [1.807, 2.05) is 6.92 Å². The number of rotatable bonds is 0. The second-order valence-electron chi connectivity index (χ2n) is 2.50. The molecule has 0 fully saturated rings. The number of ether oxygens (including phenoxy) is 1. The Morgan fingerprint density at radius 2 is 2.18 bits per heavy atom. The van der Waals surface area contributed by atoms with Crippen LogP contribution >= 0.6 is 22.6 Å². The molecule has 0 saturated heterocycles. The summed E-state index contributed by atoms with van der Waals surface area (Å²) >= 11 is 2.12. The fourth-order valence-electron chi connectivity index (χ4n) is 1.18. The molecular weight excluding hydrogens is 255 g/mol.